The molecule has 1 rings (SSSR count). The van der Waals surface area contributed by atoms with Crippen LogP contribution in [-0.4, -0.2) is 41.3 Å². The number of nitrogens with zero attached hydrogens (tertiary/aromatic N) is 1. The minimum atomic E-state index is 0.0938. The first-order valence-electron chi connectivity index (χ1n) is 6.61. The summed E-state index contributed by atoms with van der Waals surface area (Å²) in [6.07, 6.45) is 1.17. The lowest BCUT2D eigenvalue weighted by molar-refractivity contribution is 0.287. The van der Waals surface area contributed by atoms with Gasteiger partial charge < -0.3 is 20.4 Å². The predicted molar refractivity (Wildman–Crippen MR) is 73.9 cm³/mol. The highest BCUT2D eigenvalue weighted by Gasteiger charge is 2.03. The average molecular weight is 252 g/mol. The average Bonchev–Trinajstić information content (AvgIpc) is 2.35. The van der Waals surface area contributed by atoms with E-state index < -0.39 is 0 Å². The Bertz CT molecular complexity index is 356. The molecule has 1 aromatic carbocycles. The van der Waals surface area contributed by atoms with Gasteiger partial charge in [-0.2, -0.15) is 0 Å². The molecule has 0 radical (unpaired) electrons. The first-order chi connectivity index (χ1) is 8.67. The van der Waals surface area contributed by atoms with Crippen LogP contribution in [0.2, 0.25) is 0 Å². The summed E-state index contributed by atoms with van der Waals surface area (Å²) in [6, 6.07) is 4.69. The third kappa shape index (κ3) is 4.94. The molecule has 0 bridgehead atoms. The minimum absolute atomic E-state index is 0.0938. The number of nitrogens with one attached hydrogen (secondary N) is 1. The third-order valence-electron chi connectivity index (χ3n) is 2.98. The van der Waals surface area contributed by atoms with Gasteiger partial charge in [-0.15, -0.1) is 0 Å². The first kappa shape index (κ1) is 14.8. The Morgan fingerprint density at radius 3 is 2.56 bits per heavy atom. The summed E-state index contributed by atoms with van der Waals surface area (Å²) in [7, 11) is 0. The first-order valence-corrected chi connectivity index (χ1v) is 6.61. The van der Waals surface area contributed by atoms with E-state index >= 15 is 0 Å². The Morgan fingerprint density at radius 2 is 1.94 bits per heavy atom. The summed E-state index contributed by atoms with van der Waals surface area (Å²) in [4.78, 5) is 2.39. The van der Waals surface area contributed by atoms with Crippen molar-refractivity contribution in [3.05, 3.63) is 23.8 Å². The second kappa shape index (κ2) is 7.95. The maximum Gasteiger partial charge on any atom is 0.123 e. The highest BCUT2D eigenvalue weighted by Crippen LogP contribution is 2.21. The summed E-state index contributed by atoms with van der Waals surface area (Å²) < 4.78 is 0. The van der Waals surface area contributed by atoms with Crippen LogP contribution < -0.4 is 5.32 Å². The summed E-state index contributed by atoms with van der Waals surface area (Å²) in [5.41, 5.74) is 0.811. The molecule has 18 heavy (non-hydrogen) atoms. The van der Waals surface area contributed by atoms with Gasteiger partial charge in [0.25, 0.3) is 0 Å². The summed E-state index contributed by atoms with van der Waals surface area (Å²) in [5.74, 6) is 0.236. The number of likely N-dealkylation sites (N-methyl/N-ethyl adjacent to an activating group) is 1. The molecule has 0 aliphatic heterocycles. The second-order valence-corrected chi connectivity index (χ2v) is 4.42. The SMILES string of the molecule is CCCN(CC)CCNCc1ccc(O)cc1O. The Labute approximate surface area is 109 Å². The Kier molecular flexibility index (Phi) is 6.54. The predicted octanol–water partition coefficient (Wildman–Crippen LogP) is 1.92. The van der Waals surface area contributed by atoms with Crippen molar-refractivity contribution in [2.75, 3.05) is 26.2 Å². The summed E-state index contributed by atoms with van der Waals surface area (Å²) in [5, 5.41) is 22.1. The molecule has 0 saturated carbocycles. The van der Waals surface area contributed by atoms with Crippen molar-refractivity contribution in [2.45, 2.75) is 26.8 Å². The van der Waals surface area contributed by atoms with E-state index in [2.05, 4.69) is 24.1 Å². The van der Waals surface area contributed by atoms with Crippen LogP contribution in [0.25, 0.3) is 0 Å². The molecule has 0 aromatic heterocycles. The maximum absolute atomic E-state index is 9.62. The van der Waals surface area contributed by atoms with Crippen molar-refractivity contribution in [1.82, 2.24) is 10.2 Å². The van der Waals surface area contributed by atoms with E-state index in [9.17, 15) is 10.2 Å². The van der Waals surface area contributed by atoms with Crippen LogP contribution in [0.15, 0.2) is 18.2 Å². The number of hydrogen-bond acceptors (Lipinski definition) is 4. The molecule has 0 saturated heterocycles. The van der Waals surface area contributed by atoms with Gasteiger partial charge in [-0.3, -0.25) is 0 Å². The van der Waals surface area contributed by atoms with Crippen molar-refractivity contribution in [3.8, 4) is 11.5 Å². The Balaban J connectivity index is 2.29. The normalized spacial score (nSPS) is 11.1. The molecular weight excluding hydrogens is 228 g/mol. The van der Waals surface area contributed by atoms with Gasteiger partial charge in [0.1, 0.15) is 11.5 Å². The molecule has 0 atom stereocenters. The van der Waals surface area contributed by atoms with Gasteiger partial charge >= 0.3 is 0 Å². The molecule has 4 nitrogen and oxygen atoms in total. The van der Waals surface area contributed by atoms with E-state index in [1.807, 2.05) is 0 Å². The lowest BCUT2D eigenvalue weighted by Crippen LogP contribution is -2.32. The number of phenolic OH excluding ortho intramolecular Hbond substituents is 2. The van der Waals surface area contributed by atoms with E-state index in [1.54, 1.807) is 12.1 Å². The van der Waals surface area contributed by atoms with Crippen molar-refractivity contribution >= 4 is 0 Å². The minimum Gasteiger partial charge on any atom is -0.508 e. The van der Waals surface area contributed by atoms with Crippen LogP contribution in [0.4, 0.5) is 0 Å². The van der Waals surface area contributed by atoms with Crippen molar-refractivity contribution in [2.24, 2.45) is 0 Å². The van der Waals surface area contributed by atoms with E-state index in [-0.39, 0.29) is 11.5 Å². The lowest BCUT2D eigenvalue weighted by Gasteiger charge is -2.19. The largest absolute Gasteiger partial charge is 0.508 e. The molecule has 0 amide bonds. The molecular formula is C14H24N2O2. The van der Waals surface area contributed by atoms with Crippen molar-refractivity contribution in [3.63, 3.8) is 0 Å². The van der Waals surface area contributed by atoms with Gasteiger partial charge in [0.2, 0.25) is 0 Å². The van der Waals surface area contributed by atoms with E-state index in [0.717, 1.165) is 31.7 Å². The fourth-order valence-corrected chi connectivity index (χ4v) is 1.91. The van der Waals surface area contributed by atoms with Gasteiger partial charge in [0.15, 0.2) is 0 Å². The van der Waals surface area contributed by atoms with E-state index in [1.165, 1.54) is 12.5 Å². The molecule has 0 aliphatic carbocycles. The fraction of sp³-hybridized carbons (Fsp3) is 0.571. The second-order valence-electron chi connectivity index (χ2n) is 4.42. The summed E-state index contributed by atoms with van der Waals surface area (Å²) in [6.45, 7) is 9.09. The monoisotopic (exact) mass is 252 g/mol. The topological polar surface area (TPSA) is 55.7 Å². The molecule has 0 unspecified atom stereocenters. The molecule has 0 aliphatic rings. The summed E-state index contributed by atoms with van der Waals surface area (Å²) >= 11 is 0. The highest BCUT2D eigenvalue weighted by molar-refractivity contribution is 5.38. The maximum atomic E-state index is 9.62. The molecule has 0 spiro atoms. The van der Waals surface area contributed by atoms with Crippen LogP contribution in [0.1, 0.15) is 25.8 Å². The van der Waals surface area contributed by atoms with Gasteiger partial charge in [-0.1, -0.05) is 19.9 Å². The van der Waals surface area contributed by atoms with Gasteiger partial charge in [0, 0.05) is 31.3 Å². The quantitative estimate of drug-likeness (QED) is 0.619. The van der Waals surface area contributed by atoms with Crippen LogP contribution in [-0.2, 0) is 6.54 Å². The third-order valence-corrected chi connectivity index (χ3v) is 2.98. The zero-order valence-corrected chi connectivity index (χ0v) is 11.3. The molecule has 0 heterocycles. The zero-order valence-electron chi connectivity index (χ0n) is 11.3. The molecule has 1 aromatic rings. The van der Waals surface area contributed by atoms with E-state index in [0.29, 0.717) is 6.54 Å². The Morgan fingerprint density at radius 1 is 1.17 bits per heavy atom. The van der Waals surface area contributed by atoms with Crippen molar-refractivity contribution in [1.29, 1.82) is 0 Å². The van der Waals surface area contributed by atoms with Gasteiger partial charge in [0.05, 0.1) is 0 Å². The van der Waals surface area contributed by atoms with Crippen LogP contribution in [0.3, 0.4) is 0 Å². The number of benzene rings is 1. The number of phenols is 2. The lowest BCUT2D eigenvalue weighted by atomic mass is 10.2. The Hall–Kier alpha value is -1.26. The van der Waals surface area contributed by atoms with Crippen LogP contribution in [0, 0.1) is 0 Å². The number of hydrogen-bond donors (Lipinski definition) is 3. The number of rotatable bonds is 8. The molecule has 3 N–H and O–H groups in total. The van der Waals surface area contributed by atoms with Crippen LogP contribution >= 0.6 is 0 Å². The molecule has 0 fully saturated rings. The zero-order chi connectivity index (χ0) is 13.4. The molecule has 4 heteroatoms. The van der Waals surface area contributed by atoms with Gasteiger partial charge in [-0.05, 0) is 25.6 Å². The fourth-order valence-electron chi connectivity index (χ4n) is 1.91. The van der Waals surface area contributed by atoms with E-state index in [4.69, 9.17) is 0 Å². The smallest absolute Gasteiger partial charge is 0.123 e. The van der Waals surface area contributed by atoms with Crippen LogP contribution in [0.5, 0.6) is 11.5 Å². The van der Waals surface area contributed by atoms with Crippen molar-refractivity contribution < 1.29 is 10.2 Å². The molecule has 102 valence electrons. The standard InChI is InChI=1S/C14H24N2O2/c1-3-8-16(4-2)9-7-15-11-12-5-6-13(17)10-14(12)18/h5-6,10,15,17-18H,3-4,7-9,11H2,1-2H3. The van der Waals surface area contributed by atoms with Gasteiger partial charge in [-0.25, -0.2) is 0 Å². The highest BCUT2D eigenvalue weighted by atomic mass is 16.3. The number of aromatic hydroxyl groups is 2.